The van der Waals surface area contributed by atoms with Crippen LogP contribution in [0.1, 0.15) is 6.92 Å². The quantitative estimate of drug-likeness (QED) is 0.880. The molecule has 112 valence electrons. The number of anilines is 1. The summed E-state index contributed by atoms with van der Waals surface area (Å²) in [5.41, 5.74) is -0.595. The molecule has 1 aromatic heterocycles. The minimum absolute atomic E-state index is 0.0495. The molecule has 0 aliphatic heterocycles. The first-order valence-corrected chi connectivity index (χ1v) is 7.54. The average molecular weight is 312 g/mol. The van der Waals surface area contributed by atoms with Crippen molar-refractivity contribution in [1.29, 1.82) is 0 Å². The van der Waals surface area contributed by atoms with Crippen molar-refractivity contribution in [1.82, 2.24) is 4.98 Å². The van der Waals surface area contributed by atoms with Crippen molar-refractivity contribution in [2.45, 2.75) is 11.8 Å². The Balaban J connectivity index is 2.42. The number of benzene rings is 1. The third kappa shape index (κ3) is 3.40. The number of rotatable bonds is 5. The van der Waals surface area contributed by atoms with Crippen molar-refractivity contribution in [3.05, 3.63) is 52.7 Å². The molecular weight excluding hydrogens is 299 g/mol. The Morgan fingerprint density at radius 2 is 2.10 bits per heavy atom. The van der Waals surface area contributed by atoms with Crippen LogP contribution in [0.25, 0.3) is 0 Å². The van der Waals surface area contributed by atoms with E-state index in [1.807, 2.05) is 0 Å². The molecule has 21 heavy (non-hydrogen) atoms. The first kappa shape index (κ1) is 15.0. The van der Waals surface area contributed by atoms with Crippen LogP contribution in [0, 0.1) is 5.82 Å². The van der Waals surface area contributed by atoms with E-state index in [1.54, 1.807) is 6.92 Å². The van der Waals surface area contributed by atoms with Crippen LogP contribution in [-0.4, -0.2) is 20.0 Å². The lowest BCUT2D eigenvalue weighted by Gasteiger charge is -2.12. The van der Waals surface area contributed by atoms with E-state index in [0.29, 0.717) is 0 Å². The lowest BCUT2D eigenvalue weighted by Crippen LogP contribution is -2.21. The maximum atomic E-state index is 13.2. The van der Waals surface area contributed by atoms with Gasteiger partial charge in [-0.2, -0.15) is 0 Å². The number of H-pyrrole nitrogens is 1. The Hall–Kier alpha value is -2.35. The van der Waals surface area contributed by atoms with Gasteiger partial charge in [0.1, 0.15) is 11.6 Å². The summed E-state index contributed by atoms with van der Waals surface area (Å²) in [7, 11) is -4.09. The third-order valence-electron chi connectivity index (χ3n) is 2.57. The Labute approximate surface area is 120 Å². The van der Waals surface area contributed by atoms with Crippen molar-refractivity contribution in [2.75, 3.05) is 11.3 Å². The topological polar surface area (TPSA) is 88.3 Å². The summed E-state index contributed by atoms with van der Waals surface area (Å²) >= 11 is 0. The molecular formula is C13H13FN2O4S. The van der Waals surface area contributed by atoms with Crippen LogP contribution in [0.2, 0.25) is 0 Å². The number of sulfonamides is 1. The molecule has 2 N–H and O–H groups in total. The van der Waals surface area contributed by atoms with E-state index in [-0.39, 0.29) is 18.0 Å². The second-order valence-electron chi connectivity index (χ2n) is 4.05. The number of aromatic amines is 1. The Kier molecular flexibility index (Phi) is 4.27. The molecule has 0 bridgehead atoms. The molecule has 0 amide bonds. The summed E-state index contributed by atoms with van der Waals surface area (Å²) in [5.74, 6) is -0.507. The van der Waals surface area contributed by atoms with Crippen LogP contribution in [0.4, 0.5) is 10.1 Å². The highest BCUT2D eigenvalue weighted by Crippen LogP contribution is 2.27. The zero-order valence-electron chi connectivity index (χ0n) is 11.1. The third-order valence-corrected chi connectivity index (χ3v) is 3.95. The first-order chi connectivity index (χ1) is 9.94. The SMILES string of the molecule is CCOc1cc(F)ccc1NS(=O)(=O)c1c[nH]ccc1=O. The molecule has 2 rings (SSSR count). The Bertz CT molecular complexity index is 802. The molecule has 0 spiro atoms. The van der Waals surface area contributed by atoms with Crippen molar-refractivity contribution in [3.8, 4) is 5.75 Å². The first-order valence-electron chi connectivity index (χ1n) is 6.06. The van der Waals surface area contributed by atoms with Gasteiger partial charge >= 0.3 is 0 Å². The van der Waals surface area contributed by atoms with Gasteiger partial charge in [-0.25, -0.2) is 12.8 Å². The van der Waals surface area contributed by atoms with Gasteiger partial charge in [-0.05, 0) is 19.1 Å². The molecule has 0 unspecified atom stereocenters. The van der Waals surface area contributed by atoms with E-state index in [9.17, 15) is 17.6 Å². The predicted molar refractivity (Wildman–Crippen MR) is 75.4 cm³/mol. The highest BCUT2D eigenvalue weighted by Gasteiger charge is 2.19. The van der Waals surface area contributed by atoms with Gasteiger partial charge in [-0.15, -0.1) is 0 Å². The molecule has 8 heteroatoms. The summed E-state index contributed by atoms with van der Waals surface area (Å²) in [4.78, 5) is 13.7. The van der Waals surface area contributed by atoms with Crippen LogP contribution < -0.4 is 14.9 Å². The maximum absolute atomic E-state index is 13.2. The molecule has 1 heterocycles. The lowest BCUT2D eigenvalue weighted by molar-refractivity contribution is 0.340. The molecule has 0 saturated heterocycles. The summed E-state index contributed by atoms with van der Waals surface area (Å²) in [5, 5.41) is 0. The second-order valence-corrected chi connectivity index (χ2v) is 5.70. The Morgan fingerprint density at radius 1 is 1.33 bits per heavy atom. The smallest absolute Gasteiger partial charge is 0.267 e. The molecule has 2 aromatic rings. The number of nitrogens with one attached hydrogen (secondary N) is 2. The minimum Gasteiger partial charge on any atom is -0.492 e. The highest BCUT2D eigenvalue weighted by atomic mass is 32.2. The molecule has 6 nitrogen and oxygen atoms in total. The molecule has 0 saturated carbocycles. The lowest BCUT2D eigenvalue weighted by atomic mass is 10.3. The van der Waals surface area contributed by atoms with E-state index in [1.165, 1.54) is 12.3 Å². The summed E-state index contributed by atoms with van der Waals surface area (Å²) in [6, 6.07) is 4.49. The van der Waals surface area contributed by atoms with Gasteiger partial charge in [0.05, 0.1) is 12.3 Å². The molecule has 0 aliphatic carbocycles. The van der Waals surface area contributed by atoms with Crippen LogP contribution in [-0.2, 0) is 10.0 Å². The summed E-state index contributed by atoms with van der Waals surface area (Å²) < 4.78 is 44.9. The average Bonchev–Trinajstić information content (AvgIpc) is 2.42. The fourth-order valence-corrected chi connectivity index (χ4v) is 2.79. The van der Waals surface area contributed by atoms with Crippen molar-refractivity contribution in [2.24, 2.45) is 0 Å². The van der Waals surface area contributed by atoms with E-state index >= 15 is 0 Å². The molecule has 1 aromatic carbocycles. The van der Waals surface area contributed by atoms with Crippen LogP contribution >= 0.6 is 0 Å². The minimum atomic E-state index is -4.09. The van der Waals surface area contributed by atoms with Gasteiger partial charge in [0.2, 0.25) is 5.43 Å². The molecule has 0 fully saturated rings. The van der Waals surface area contributed by atoms with Crippen LogP contribution in [0.15, 0.2) is 46.3 Å². The number of halogens is 1. The van der Waals surface area contributed by atoms with E-state index in [4.69, 9.17) is 4.74 Å². The van der Waals surface area contributed by atoms with Gasteiger partial charge in [-0.1, -0.05) is 0 Å². The summed E-state index contributed by atoms with van der Waals surface area (Å²) in [6.45, 7) is 1.93. The fraction of sp³-hybridized carbons (Fsp3) is 0.154. The normalized spacial score (nSPS) is 11.1. The predicted octanol–water partition coefficient (Wildman–Crippen LogP) is 1.71. The monoisotopic (exact) mass is 312 g/mol. The molecule has 0 aliphatic rings. The Morgan fingerprint density at radius 3 is 2.76 bits per heavy atom. The van der Waals surface area contributed by atoms with Crippen LogP contribution in [0.3, 0.4) is 0 Å². The fourth-order valence-electron chi connectivity index (χ4n) is 1.67. The van der Waals surface area contributed by atoms with Gasteiger partial charge in [0.25, 0.3) is 10.0 Å². The molecule has 0 atom stereocenters. The van der Waals surface area contributed by atoms with E-state index in [0.717, 1.165) is 24.4 Å². The van der Waals surface area contributed by atoms with E-state index < -0.39 is 26.2 Å². The van der Waals surface area contributed by atoms with E-state index in [2.05, 4.69) is 9.71 Å². The number of hydrogen-bond acceptors (Lipinski definition) is 4. The second kappa shape index (κ2) is 5.96. The van der Waals surface area contributed by atoms with Gasteiger partial charge in [-0.3, -0.25) is 9.52 Å². The van der Waals surface area contributed by atoms with Crippen LogP contribution in [0.5, 0.6) is 5.75 Å². The summed E-state index contributed by atoms with van der Waals surface area (Å²) in [6.07, 6.45) is 2.40. The number of hydrogen-bond donors (Lipinski definition) is 2. The highest BCUT2D eigenvalue weighted by molar-refractivity contribution is 7.92. The van der Waals surface area contributed by atoms with Crippen molar-refractivity contribution >= 4 is 15.7 Å². The largest absolute Gasteiger partial charge is 0.492 e. The molecule has 0 radical (unpaired) electrons. The van der Waals surface area contributed by atoms with Gasteiger partial charge < -0.3 is 9.72 Å². The van der Waals surface area contributed by atoms with Crippen molar-refractivity contribution in [3.63, 3.8) is 0 Å². The zero-order valence-corrected chi connectivity index (χ0v) is 11.9. The number of aromatic nitrogens is 1. The van der Waals surface area contributed by atoms with Gasteiger partial charge in [0, 0.05) is 24.5 Å². The van der Waals surface area contributed by atoms with Crippen molar-refractivity contribution < 1.29 is 17.5 Å². The van der Waals surface area contributed by atoms with Gasteiger partial charge in [0.15, 0.2) is 4.90 Å². The maximum Gasteiger partial charge on any atom is 0.267 e. The number of ether oxygens (including phenoxy) is 1. The standard InChI is InChI=1S/C13H13FN2O4S/c1-2-20-12-7-9(14)3-4-10(12)16-21(18,19)13-8-15-6-5-11(13)17/h3-8,16H,2H2,1H3,(H,15,17). The number of pyridine rings is 1. The zero-order chi connectivity index (χ0) is 15.5.